The van der Waals surface area contributed by atoms with E-state index in [4.69, 9.17) is 4.74 Å². The van der Waals surface area contributed by atoms with Gasteiger partial charge in [0.15, 0.2) is 0 Å². The van der Waals surface area contributed by atoms with Crippen molar-refractivity contribution in [3.8, 4) is 0 Å². The molecule has 2 aliphatic rings. The summed E-state index contributed by atoms with van der Waals surface area (Å²) in [6, 6.07) is 0.267. The molecule has 0 aromatic carbocycles. The largest absolute Gasteiger partial charge is 0.368 e. The molecule has 1 N–H and O–H groups in total. The number of piperidine rings is 1. The molecular formula is C14H26N2O2. The second-order valence-corrected chi connectivity index (χ2v) is 5.80. The minimum absolute atomic E-state index is 0.177. The van der Waals surface area contributed by atoms with Crippen LogP contribution >= 0.6 is 0 Å². The molecule has 0 aromatic heterocycles. The number of amides is 1. The lowest BCUT2D eigenvalue weighted by Gasteiger charge is -2.34. The Bertz CT molecular complexity index is 269. The highest BCUT2D eigenvalue weighted by Crippen LogP contribution is 2.19. The topological polar surface area (TPSA) is 41.6 Å². The van der Waals surface area contributed by atoms with Crippen molar-refractivity contribution < 1.29 is 9.53 Å². The molecule has 2 saturated heterocycles. The van der Waals surface area contributed by atoms with Gasteiger partial charge in [-0.25, -0.2) is 0 Å². The average Bonchev–Trinajstić information content (AvgIpc) is 2.90. The number of carbonyl (C=O) groups excluding carboxylic acids is 1. The van der Waals surface area contributed by atoms with E-state index in [1.54, 1.807) is 0 Å². The number of nitrogens with one attached hydrogen (secondary N) is 1. The molecule has 0 spiro atoms. The highest BCUT2D eigenvalue weighted by molar-refractivity contribution is 5.81. The maximum absolute atomic E-state index is 12.4. The number of ether oxygens (including phenoxy) is 1. The molecule has 18 heavy (non-hydrogen) atoms. The minimum Gasteiger partial charge on any atom is -0.368 e. The molecule has 0 bridgehead atoms. The molecular weight excluding hydrogens is 228 g/mol. The first-order valence-electron chi connectivity index (χ1n) is 7.31. The molecule has 0 saturated carbocycles. The molecule has 0 aromatic rings. The molecule has 104 valence electrons. The minimum atomic E-state index is -0.177. The van der Waals surface area contributed by atoms with Crippen LogP contribution in [0.4, 0.5) is 0 Å². The number of hydrogen-bond donors (Lipinski definition) is 1. The molecule has 4 nitrogen and oxygen atoms in total. The van der Waals surface area contributed by atoms with Gasteiger partial charge in [0.1, 0.15) is 6.10 Å². The summed E-state index contributed by atoms with van der Waals surface area (Å²) in [6.07, 6.45) is 4.20. The summed E-state index contributed by atoms with van der Waals surface area (Å²) in [5, 5.41) is 3.42. The van der Waals surface area contributed by atoms with Crippen molar-refractivity contribution in [2.75, 3.05) is 26.2 Å². The van der Waals surface area contributed by atoms with Gasteiger partial charge >= 0.3 is 0 Å². The van der Waals surface area contributed by atoms with Crippen LogP contribution in [0.15, 0.2) is 0 Å². The van der Waals surface area contributed by atoms with Gasteiger partial charge in [0.05, 0.1) is 0 Å². The maximum atomic E-state index is 12.4. The third kappa shape index (κ3) is 3.45. The van der Waals surface area contributed by atoms with Crippen LogP contribution in [0.1, 0.15) is 39.5 Å². The van der Waals surface area contributed by atoms with Gasteiger partial charge in [0.2, 0.25) is 0 Å². The summed E-state index contributed by atoms with van der Waals surface area (Å²) < 4.78 is 5.53. The van der Waals surface area contributed by atoms with Crippen LogP contribution < -0.4 is 5.32 Å². The Morgan fingerprint density at radius 2 is 2.22 bits per heavy atom. The zero-order chi connectivity index (χ0) is 13.0. The number of hydrogen-bond acceptors (Lipinski definition) is 3. The summed E-state index contributed by atoms with van der Waals surface area (Å²) in [4.78, 5) is 14.5. The van der Waals surface area contributed by atoms with Crippen molar-refractivity contribution in [1.29, 1.82) is 0 Å². The zero-order valence-electron chi connectivity index (χ0n) is 11.7. The molecule has 4 heteroatoms. The standard InChI is InChI=1S/C14H26N2O2/c1-11(2)16(10-12-5-3-7-15-9-12)14(17)13-6-4-8-18-13/h11-13,15H,3-10H2,1-2H3/t12?,13-/m1/s1. The van der Waals surface area contributed by atoms with Gasteiger partial charge in [-0.05, 0) is 58.5 Å². The molecule has 2 heterocycles. The van der Waals surface area contributed by atoms with Crippen LogP contribution in [0.2, 0.25) is 0 Å². The van der Waals surface area contributed by atoms with Gasteiger partial charge in [-0.2, -0.15) is 0 Å². The normalized spacial score (nSPS) is 28.6. The lowest BCUT2D eigenvalue weighted by molar-refractivity contribution is -0.143. The monoisotopic (exact) mass is 254 g/mol. The van der Waals surface area contributed by atoms with Gasteiger partial charge in [0, 0.05) is 19.2 Å². The lowest BCUT2D eigenvalue weighted by Crippen LogP contribution is -2.47. The summed E-state index contributed by atoms with van der Waals surface area (Å²) >= 11 is 0. The predicted octanol–water partition coefficient (Wildman–Crippen LogP) is 1.40. The van der Waals surface area contributed by atoms with E-state index in [1.165, 1.54) is 12.8 Å². The van der Waals surface area contributed by atoms with Crippen molar-refractivity contribution in [2.24, 2.45) is 5.92 Å². The Hall–Kier alpha value is -0.610. The van der Waals surface area contributed by atoms with Crippen LogP contribution in [0.25, 0.3) is 0 Å². The molecule has 2 atom stereocenters. The van der Waals surface area contributed by atoms with Crippen molar-refractivity contribution in [2.45, 2.75) is 51.7 Å². The van der Waals surface area contributed by atoms with Crippen LogP contribution in [0, 0.1) is 5.92 Å². The van der Waals surface area contributed by atoms with Crippen molar-refractivity contribution in [3.63, 3.8) is 0 Å². The summed E-state index contributed by atoms with van der Waals surface area (Å²) in [5.41, 5.74) is 0. The van der Waals surface area contributed by atoms with E-state index in [0.717, 1.165) is 39.1 Å². The first kappa shape index (κ1) is 13.8. The number of rotatable bonds is 4. The summed E-state index contributed by atoms with van der Waals surface area (Å²) in [6.45, 7) is 7.99. The smallest absolute Gasteiger partial charge is 0.251 e. The van der Waals surface area contributed by atoms with Crippen LogP contribution in [-0.2, 0) is 9.53 Å². The molecule has 1 amide bonds. The molecule has 1 unspecified atom stereocenters. The fourth-order valence-corrected chi connectivity index (χ4v) is 2.87. The van der Waals surface area contributed by atoms with E-state index in [2.05, 4.69) is 19.2 Å². The van der Waals surface area contributed by atoms with Gasteiger partial charge in [0.25, 0.3) is 5.91 Å². The fourth-order valence-electron chi connectivity index (χ4n) is 2.87. The average molecular weight is 254 g/mol. The molecule has 0 radical (unpaired) electrons. The highest BCUT2D eigenvalue weighted by Gasteiger charge is 2.31. The van der Waals surface area contributed by atoms with E-state index in [9.17, 15) is 4.79 Å². The fraction of sp³-hybridized carbons (Fsp3) is 0.929. The predicted molar refractivity (Wildman–Crippen MR) is 71.4 cm³/mol. The van der Waals surface area contributed by atoms with Crippen LogP contribution in [0.5, 0.6) is 0 Å². The van der Waals surface area contributed by atoms with E-state index >= 15 is 0 Å². The van der Waals surface area contributed by atoms with Gasteiger partial charge < -0.3 is 15.0 Å². The van der Waals surface area contributed by atoms with E-state index in [0.29, 0.717) is 5.92 Å². The van der Waals surface area contributed by atoms with Crippen molar-refractivity contribution in [1.82, 2.24) is 10.2 Å². The first-order chi connectivity index (χ1) is 8.68. The third-order valence-electron chi connectivity index (χ3n) is 3.97. The van der Waals surface area contributed by atoms with E-state index in [-0.39, 0.29) is 18.1 Å². The lowest BCUT2D eigenvalue weighted by atomic mass is 9.98. The maximum Gasteiger partial charge on any atom is 0.251 e. The Morgan fingerprint density at radius 1 is 1.39 bits per heavy atom. The van der Waals surface area contributed by atoms with Crippen LogP contribution in [-0.4, -0.2) is 49.2 Å². The van der Waals surface area contributed by atoms with Crippen molar-refractivity contribution in [3.05, 3.63) is 0 Å². The third-order valence-corrected chi connectivity index (χ3v) is 3.97. The second kappa shape index (κ2) is 6.53. The number of carbonyl (C=O) groups is 1. The van der Waals surface area contributed by atoms with Crippen LogP contribution in [0.3, 0.4) is 0 Å². The van der Waals surface area contributed by atoms with Gasteiger partial charge in [-0.1, -0.05) is 0 Å². The number of nitrogens with zero attached hydrogens (tertiary/aromatic N) is 1. The Morgan fingerprint density at radius 3 is 2.78 bits per heavy atom. The highest BCUT2D eigenvalue weighted by atomic mass is 16.5. The van der Waals surface area contributed by atoms with E-state index in [1.807, 2.05) is 4.90 Å². The zero-order valence-corrected chi connectivity index (χ0v) is 11.7. The molecule has 2 rings (SSSR count). The SMILES string of the molecule is CC(C)N(CC1CCCNC1)C(=O)[C@H]1CCCO1. The first-order valence-corrected chi connectivity index (χ1v) is 7.31. The Kier molecular flexibility index (Phi) is 5.01. The second-order valence-electron chi connectivity index (χ2n) is 5.80. The Labute approximate surface area is 110 Å². The van der Waals surface area contributed by atoms with E-state index < -0.39 is 0 Å². The summed E-state index contributed by atoms with van der Waals surface area (Å²) in [5.74, 6) is 0.805. The van der Waals surface area contributed by atoms with Gasteiger partial charge in [-0.15, -0.1) is 0 Å². The molecule has 2 aliphatic heterocycles. The summed E-state index contributed by atoms with van der Waals surface area (Å²) in [7, 11) is 0. The quantitative estimate of drug-likeness (QED) is 0.824. The Balaban J connectivity index is 1.91. The van der Waals surface area contributed by atoms with Gasteiger partial charge in [-0.3, -0.25) is 4.79 Å². The molecule has 0 aliphatic carbocycles. The molecule has 2 fully saturated rings. The van der Waals surface area contributed by atoms with Crippen molar-refractivity contribution >= 4 is 5.91 Å².